The van der Waals surface area contributed by atoms with E-state index >= 15 is 0 Å². The average Bonchev–Trinajstić information content (AvgIpc) is 2.54. The molecule has 116 valence electrons. The van der Waals surface area contributed by atoms with Crippen LogP contribution in [0.2, 0.25) is 0 Å². The van der Waals surface area contributed by atoms with E-state index in [1.165, 1.54) is 5.56 Å². The zero-order valence-electron chi connectivity index (χ0n) is 13.4. The van der Waals surface area contributed by atoms with E-state index in [4.69, 9.17) is 4.74 Å². The van der Waals surface area contributed by atoms with Gasteiger partial charge in [0.25, 0.3) is 5.91 Å². The van der Waals surface area contributed by atoms with Crippen LogP contribution in [0.3, 0.4) is 0 Å². The summed E-state index contributed by atoms with van der Waals surface area (Å²) in [6.45, 7) is 10.4. The normalized spacial score (nSPS) is 15.9. The predicted octanol–water partition coefficient (Wildman–Crippen LogP) is 1.16. The monoisotopic (exact) mass is 291 g/mol. The summed E-state index contributed by atoms with van der Waals surface area (Å²) in [6, 6.07) is 8.12. The van der Waals surface area contributed by atoms with E-state index in [1.807, 2.05) is 17.0 Å². The van der Waals surface area contributed by atoms with Gasteiger partial charge in [0.2, 0.25) is 0 Å². The lowest BCUT2D eigenvalue weighted by Gasteiger charge is -2.25. The quantitative estimate of drug-likeness (QED) is 0.885. The lowest BCUT2D eigenvalue weighted by atomic mass is 9.82. The Morgan fingerprint density at radius 1 is 1.24 bits per heavy atom. The Labute approximate surface area is 127 Å². The summed E-state index contributed by atoms with van der Waals surface area (Å²) in [5.41, 5.74) is 1.48. The molecule has 1 saturated heterocycles. The van der Waals surface area contributed by atoms with Crippen molar-refractivity contribution in [1.82, 2.24) is 4.90 Å². The highest BCUT2D eigenvalue weighted by atomic mass is 16.5. The second-order valence-corrected chi connectivity index (χ2v) is 6.30. The Kier molecular flexibility index (Phi) is 5.23. The minimum atomic E-state index is 0.0843. The van der Waals surface area contributed by atoms with Gasteiger partial charge in [0.05, 0.1) is 26.2 Å². The van der Waals surface area contributed by atoms with Crippen molar-refractivity contribution >= 4 is 5.91 Å². The standard InChI is InChI=1S/C17H26N2O2/c1-4-17(2,3)14-5-7-15(8-6-14)21-13-16(20)19-11-9-18-10-12-19/h5-8,18H,4,9-13H2,1-3H3/p+1. The van der Waals surface area contributed by atoms with E-state index in [9.17, 15) is 4.79 Å². The van der Waals surface area contributed by atoms with Crippen molar-refractivity contribution in [2.75, 3.05) is 32.8 Å². The van der Waals surface area contributed by atoms with Crippen molar-refractivity contribution in [3.05, 3.63) is 29.8 Å². The topological polar surface area (TPSA) is 46.1 Å². The maximum atomic E-state index is 12.0. The van der Waals surface area contributed by atoms with Gasteiger partial charge in [-0.15, -0.1) is 0 Å². The van der Waals surface area contributed by atoms with Crippen molar-refractivity contribution in [3.63, 3.8) is 0 Å². The number of nitrogens with two attached hydrogens (primary N) is 1. The highest BCUT2D eigenvalue weighted by Gasteiger charge is 2.19. The minimum absolute atomic E-state index is 0.0843. The van der Waals surface area contributed by atoms with Crippen molar-refractivity contribution in [2.24, 2.45) is 0 Å². The number of piperazine rings is 1. The average molecular weight is 291 g/mol. The molecule has 4 nitrogen and oxygen atoms in total. The lowest BCUT2D eigenvalue weighted by Crippen LogP contribution is -2.90. The maximum Gasteiger partial charge on any atom is 0.260 e. The molecule has 1 aliphatic heterocycles. The zero-order chi connectivity index (χ0) is 15.3. The first kappa shape index (κ1) is 15.8. The van der Waals surface area contributed by atoms with Gasteiger partial charge in [-0.1, -0.05) is 32.9 Å². The molecule has 1 aromatic rings. The number of quaternary nitrogens is 1. The van der Waals surface area contributed by atoms with Gasteiger partial charge in [-0.3, -0.25) is 4.79 Å². The van der Waals surface area contributed by atoms with E-state index < -0.39 is 0 Å². The van der Waals surface area contributed by atoms with Crippen LogP contribution < -0.4 is 10.1 Å². The second-order valence-electron chi connectivity index (χ2n) is 6.30. The third-order valence-electron chi connectivity index (χ3n) is 4.44. The number of rotatable bonds is 5. The molecule has 4 heteroatoms. The summed E-state index contributed by atoms with van der Waals surface area (Å²) in [5, 5.41) is 2.23. The van der Waals surface area contributed by atoms with Crippen molar-refractivity contribution in [2.45, 2.75) is 32.6 Å². The van der Waals surface area contributed by atoms with Gasteiger partial charge < -0.3 is 15.0 Å². The van der Waals surface area contributed by atoms with Crippen LogP contribution in [-0.4, -0.2) is 43.6 Å². The Morgan fingerprint density at radius 3 is 2.43 bits per heavy atom. The fourth-order valence-electron chi connectivity index (χ4n) is 2.44. The molecule has 0 atom stereocenters. The largest absolute Gasteiger partial charge is 0.484 e. The van der Waals surface area contributed by atoms with E-state index in [0.717, 1.165) is 38.3 Å². The second kappa shape index (κ2) is 6.94. The van der Waals surface area contributed by atoms with Crippen LogP contribution in [0.5, 0.6) is 5.75 Å². The maximum absolute atomic E-state index is 12.0. The Balaban J connectivity index is 1.87. The fourth-order valence-corrected chi connectivity index (χ4v) is 2.44. The van der Waals surface area contributed by atoms with Crippen LogP contribution in [0.4, 0.5) is 0 Å². The molecule has 1 fully saturated rings. The first-order chi connectivity index (χ1) is 10.0. The molecule has 0 aliphatic carbocycles. The van der Waals surface area contributed by atoms with Crippen molar-refractivity contribution < 1.29 is 14.8 Å². The molecule has 21 heavy (non-hydrogen) atoms. The van der Waals surface area contributed by atoms with Gasteiger partial charge in [0.15, 0.2) is 6.61 Å². The number of hydrogen-bond donors (Lipinski definition) is 1. The number of amides is 1. The molecule has 0 bridgehead atoms. The highest BCUT2D eigenvalue weighted by Crippen LogP contribution is 2.27. The summed E-state index contributed by atoms with van der Waals surface area (Å²) in [4.78, 5) is 13.9. The van der Waals surface area contributed by atoms with E-state index in [-0.39, 0.29) is 17.9 Å². The number of carbonyl (C=O) groups is 1. The van der Waals surface area contributed by atoms with Crippen LogP contribution >= 0.6 is 0 Å². The molecule has 0 saturated carbocycles. The van der Waals surface area contributed by atoms with Gasteiger partial charge in [-0.25, -0.2) is 0 Å². The number of benzene rings is 1. The number of nitrogens with zero attached hydrogens (tertiary/aromatic N) is 1. The van der Waals surface area contributed by atoms with Crippen LogP contribution in [-0.2, 0) is 10.2 Å². The zero-order valence-corrected chi connectivity index (χ0v) is 13.4. The molecule has 2 N–H and O–H groups in total. The Hall–Kier alpha value is -1.55. The summed E-state index contributed by atoms with van der Waals surface area (Å²) in [5.74, 6) is 0.851. The van der Waals surface area contributed by atoms with Gasteiger partial charge in [0.1, 0.15) is 5.75 Å². The lowest BCUT2D eigenvalue weighted by molar-refractivity contribution is -0.662. The summed E-state index contributed by atoms with van der Waals surface area (Å²) >= 11 is 0. The van der Waals surface area contributed by atoms with Crippen molar-refractivity contribution in [3.8, 4) is 5.75 Å². The highest BCUT2D eigenvalue weighted by molar-refractivity contribution is 5.77. The molecular weight excluding hydrogens is 264 g/mol. The third kappa shape index (κ3) is 4.21. The first-order valence-corrected chi connectivity index (χ1v) is 7.86. The smallest absolute Gasteiger partial charge is 0.260 e. The van der Waals surface area contributed by atoms with Crippen LogP contribution in [0.15, 0.2) is 24.3 Å². The first-order valence-electron chi connectivity index (χ1n) is 7.86. The molecule has 2 rings (SSSR count). The molecule has 0 radical (unpaired) electrons. The molecule has 1 aromatic carbocycles. The number of ether oxygens (including phenoxy) is 1. The predicted molar refractivity (Wildman–Crippen MR) is 83.5 cm³/mol. The van der Waals surface area contributed by atoms with Gasteiger partial charge in [-0.2, -0.15) is 0 Å². The molecule has 1 heterocycles. The Bertz CT molecular complexity index is 462. The molecule has 0 aromatic heterocycles. The summed E-state index contributed by atoms with van der Waals surface area (Å²) in [6.07, 6.45) is 1.09. The van der Waals surface area contributed by atoms with Crippen LogP contribution in [0.25, 0.3) is 0 Å². The van der Waals surface area contributed by atoms with E-state index in [2.05, 4.69) is 38.2 Å². The SMILES string of the molecule is CCC(C)(C)c1ccc(OCC(=O)N2CC[NH2+]CC2)cc1. The molecular formula is C17H27N2O2+. The fraction of sp³-hybridized carbons (Fsp3) is 0.588. The minimum Gasteiger partial charge on any atom is -0.484 e. The number of carbonyl (C=O) groups excluding carboxylic acids is 1. The Morgan fingerprint density at radius 2 is 1.86 bits per heavy atom. The van der Waals surface area contributed by atoms with Crippen LogP contribution in [0, 0.1) is 0 Å². The van der Waals surface area contributed by atoms with E-state index in [0.29, 0.717) is 0 Å². The van der Waals surface area contributed by atoms with Crippen molar-refractivity contribution in [1.29, 1.82) is 0 Å². The molecule has 0 spiro atoms. The van der Waals surface area contributed by atoms with E-state index in [1.54, 1.807) is 0 Å². The third-order valence-corrected chi connectivity index (χ3v) is 4.44. The molecule has 1 aliphatic rings. The van der Waals surface area contributed by atoms with Gasteiger partial charge in [-0.05, 0) is 29.5 Å². The number of hydrogen-bond acceptors (Lipinski definition) is 2. The molecule has 0 unspecified atom stereocenters. The van der Waals surface area contributed by atoms with Gasteiger partial charge in [0, 0.05) is 0 Å². The summed E-state index contributed by atoms with van der Waals surface area (Å²) < 4.78 is 5.62. The molecule has 1 amide bonds. The summed E-state index contributed by atoms with van der Waals surface area (Å²) in [7, 11) is 0. The van der Waals surface area contributed by atoms with Gasteiger partial charge >= 0.3 is 0 Å². The van der Waals surface area contributed by atoms with Crippen LogP contribution in [0.1, 0.15) is 32.8 Å².